The van der Waals surface area contributed by atoms with Crippen LogP contribution < -0.4 is 5.32 Å². The SMILES string of the molecule is CCc1cnc(CC)c(NC2CCCc3sccc32)n1. The number of rotatable bonds is 4. The van der Waals surface area contributed by atoms with Crippen LogP contribution in [0, 0.1) is 0 Å². The third-order valence-corrected chi connectivity index (χ3v) is 4.95. The van der Waals surface area contributed by atoms with Crippen molar-refractivity contribution in [1.82, 2.24) is 9.97 Å². The van der Waals surface area contributed by atoms with Gasteiger partial charge in [-0.15, -0.1) is 11.3 Å². The molecule has 106 valence electrons. The fourth-order valence-corrected chi connectivity index (χ4v) is 3.78. The zero-order valence-electron chi connectivity index (χ0n) is 12.1. The van der Waals surface area contributed by atoms with Crippen LogP contribution in [0.3, 0.4) is 0 Å². The van der Waals surface area contributed by atoms with Crippen molar-refractivity contribution in [1.29, 1.82) is 0 Å². The molecule has 1 aliphatic carbocycles. The molecule has 20 heavy (non-hydrogen) atoms. The van der Waals surface area contributed by atoms with Crippen molar-refractivity contribution in [2.45, 2.75) is 52.0 Å². The van der Waals surface area contributed by atoms with Crippen LogP contribution >= 0.6 is 11.3 Å². The maximum absolute atomic E-state index is 4.74. The number of hydrogen-bond donors (Lipinski definition) is 1. The van der Waals surface area contributed by atoms with Crippen LogP contribution in [0.5, 0.6) is 0 Å². The van der Waals surface area contributed by atoms with Gasteiger partial charge in [0.2, 0.25) is 0 Å². The lowest BCUT2D eigenvalue weighted by molar-refractivity contribution is 0.605. The van der Waals surface area contributed by atoms with Crippen molar-refractivity contribution in [3.63, 3.8) is 0 Å². The fraction of sp³-hybridized carbons (Fsp3) is 0.500. The summed E-state index contributed by atoms with van der Waals surface area (Å²) in [7, 11) is 0. The summed E-state index contributed by atoms with van der Waals surface area (Å²) in [6.45, 7) is 4.26. The summed E-state index contributed by atoms with van der Waals surface area (Å²) in [5, 5.41) is 5.86. The van der Waals surface area contributed by atoms with Gasteiger partial charge in [-0.2, -0.15) is 0 Å². The largest absolute Gasteiger partial charge is 0.362 e. The molecule has 2 heterocycles. The molecule has 1 aliphatic rings. The lowest BCUT2D eigenvalue weighted by atomic mass is 9.94. The average molecular weight is 287 g/mol. The monoisotopic (exact) mass is 287 g/mol. The van der Waals surface area contributed by atoms with E-state index in [0.29, 0.717) is 6.04 Å². The minimum atomic E-state index is 0.400. The number of fused-ring (bicyclic) bond motifs is 1. The number of nitrogens with one attached hydrogen (secondary N) is 1. The molecule has 0 aromatic carbocycles. The summed E-state index contributed by atoms with van der Waals surface area (Å²) >= 11 is 1.88. The van der Waals surface area contributed by atoms with Gasteiger partial charge < -0.3 is 5.32 Å². The van der Waals surface area contributed by atoms with Gasteiger partial charge in [0.05, 0.1) is 17.4 Å². The highest BCUT2D eigenvalue weighted by molar-refractivity contribution is 7.10. The molecule has 0 amide bonds. The van der Waals surface area contributed by atoms with E-state index in [2.05, 4.69) is 35.6 Å². The van der Waals surface area contributed by atoms with Gasteiger partial charge >= 0.3 is 0 Å². The molecule has 1 atom stereocenters. The molecule has 1 N–H and O–H groups in total. The Hall–Kier alpha value is -1.42. The molecule has 2 aromatic heterocycles. The molecule has 3 rings (SSSR count). The minimum absolute atomic E-state index is 0.400. The second kappa shape index (κ2) is 5.92. The van der Waals surface area contributed by atoms with Gasteiger partial charge in [-0.1, -0.05) is 13.8 Å². The van der Waals surface area contributed by atoms with E-state index in [1.807, 2.05) is 17.5 Å². The summed E-state index contributed by atoms with van der Waals surface area (Å²) in [5.74, 6) is 0.982. The molecular weight excluding hydrogens is 266 g/mol. The Morgan fingerprint density at radius 3 is 3.05 bits per heavy atom. The topological polar surface area (TPSA) is 37.8 Å². The highest BCUT2D eigenvalue weighted by atomic mass is 32.1. The van der Waals surface area contributed by atoms with Crippen molar-refractivity contribution in [2.24, 2.45) is 0 Å². The second-order valence-corrected chi connectivity index (χ2v) is 6.25. The zero-order chi connectivity index (χ0) is 13.9. The van der Waals surface area contributed by atoms with Crippen LogP contribution in [-0.4, -0.2) is 9.97 Å². The lowest BCUT2D eigenvalue weighted by Crippen LogP contribution is -2.18. The van der Waals surface area contributed by atoms with Crippen molar-refractivity contribution in [2.75, 3.05) is 5.32 Å². The molecule has 2 aromatic rings. The summed E-state index contributed by atoms with van der Waals surface area (Å²) in [5.41, 5.74) is 3.60. The summed E-state index contributed by atoms with van der Waals surface area (Å²) < 4.78 is 0. The van der Waals surface area contributed by atoms with Crippen molar-refractivity contribution in [3.05, 3.63) is 39.5 Å². The minimum Gasteiger partial charge on any atom is -0.362 e. The number of aromatic nitrogens is 2. The predicted molar refractivity (Wildman–Crippen MR) is 84.4 cm³/mol. The molecular formula is C16H21N3S. The quantitative estimate of drug-likeness (QED) is 0.918. The number of hydrogen-bond acceptors (Lipinski definition) is 4. The third kappa shape index (κ3) is 2.57. The molecule has 3 nitrogen and oxygen atoms in total. The molecule has 4 heteroatoms. The Balaban J connectivity index is 1.88. The molecule has 0 spiro atoms. The first-order chi connectivity index (χ1) is 9.81. The first-order valence-electron chi connectivity index (χ1n) is 7.49. The van der Waals surface area contributed by atoms with Gasteiger partial charge in [0.15, 0.2) is 0 Å². The van der Waals surface area contributed by atoms with Gasteiger partial charge in [-0.25, -0.2) is 4.98 Å². The molecule has 1 unspecified atom stereocenters. The highest BCUT2D eigenvalue weighted by Crippen LogP contribution is 2.35. The van der Waals surface area contributed by atoms with Gasteiger partial charge in [0.25, 0.3) is 0 Å². The van der Waals surface area contributed by atoms with Gasteiger partial charge in [0.1, 0.15) is 5.82 Å². The standard InChI is InChI=1S/C16H21N3S/c1-3-11-10-17-13(4-2)16(18-11)19-14-6-5-7-15-12(14)8-9-20-15/h8-10,14H,3-7H2,1-2H3,(H,18,19). The smallest absolute Gasteiger partial charge is 0.148 e. The van der Waals surface area contributed by atoms with Crippen LogP contribution in [-0.2, 0) is 19.3 Å². The summed E-state index contributed by atoms with van der Waals surface area (Å²) in [6.07, 6.45) is 7.43. The van der Waals surface area contributed by atoms with Crippen LogP contribution in [0.1, 0.15) is 54.6 Å². The maximum atomic E-state index is 4.74. The Morgan fingerprint density at radius 2 is 2.25 bits per heavy atom. The zero-order valence-corrected chi connectivity index (χ0v) is 13.0. The number of nitrogens with zero attached hydrogens (tertiary/aromatic N) is 2. The molecule has 0 aliphatic heterocycles. The van der Waals surface area contributed by atoms with Gasteiger partial charge in [-0.05, 0) is 49.1 Å². The Kier molecular flexibility index (Phi) is 4.01. The van der Waals surface area contributed by atoms with E-state index in [4.69, 9.17) is 4.98 Å². The normalized spacial score (nSPS) is 17.8. The number of thiophene rings is 1. The van der Waals surface area contributed by atoms with E-state index in [9.17, 15) is 0 Å². The molecule has 0 radical (unpaired) electrons. The Labute approximate surface area is 124 Å². The lowest BCUT2D eigenvalue weighted by Gasteiger charge is -2.25. The molecule has 0 bridgehead atoms. The number of aryl methyl sites for hydroxylation is 3. The van der Waals surface area contributed by atoms with E-state index in [1.54, 1.807) is 0 Å². The molecule has 0 saturated carbocycles. The van der Waals surface area contributed by atoms with Crippen molar-refractivity contribution >= 4 is 17.2 Å². The highest BCUT2D eigenvalue weighted by Gasteiger charge is 2.22. The summed E-state index contributed by atoms with van der Waals surface area (Å²) in [6, 6.07) is 2.66. The molecule has 0 saturated heterocycles. The van der Waals surface area contributed by atoms with Crippen LogP contribution in [0.4, 0.5) is 5.82 Å². The predicted octanol–water partition coefficient (Wildman–Crippen LogP) is 4.15. The van der Waals surface area contributed by atoms with E-state index in [0.717, 1.165) is 30.0 Å². The summed E-state index contributed by atoms with van der Waals surface area (Å²) in [4.78, 5) is 10.8. The fourth-order valence-electron chi connectivity index (χ4n) is 2.80. The van der Waals surface area contributed by atoms with Gasteiger partial charge in [-0.3, -0.25) is 4.98 Å². The van der Waals surface area contributed by atoms with Crippen molar-refractivity contribution < 1.29 is 0 Å². The van der Waals surface area contributed by atoms with E-state index in [-0.39, 0.29) is 0 Å². The van der Waals surface area contributed by atoms with E-state index < -0.39 is 0 Å². The van der Waals surface area contributed by atoms with E-state index >= 15 is 0 Å². The Morgan fingerprint density at radius 1 is 1.35 bits per heavy atom. The van der Waals surface area contributed by atoms with Gasteiger partial charge in [0, 0.05) is 11.1 Å². The van der Waals surface area contributed by atoms with Crippen molar-refractivity contribution in [3.8, 4) is 0 Å². The second-order valence-electron chi connectivity index (χ2n) is 5.25. The molecule has 0 fully saturated rings. The Bertz CT molecular complexity index is 591. The first-order valence-corrected chi connectivity index (χ1v) is 8.37. The van der Waals surface area contributed by atoms with Crippen LogP contribution in [0.2, 0.25) is 0 Å². The number of anilines is 1. The average Bonchev–Trinajstić information content (AvgIpc) is 2.96. The van der Waals surface area contributed by atoms with Crippen LogP contribution in [0.25, 0.3) is 0 Å². The first kappa shape index (κ1) is 13.6. The maximum Gasteiger partial charge on any atom is 0.148 e. The van der Waals surface area contributed by atoms with E-state index in [1.165, 1.54) is 29.7 Å². The third-order valence-electron chi connectivity index (χ3n) is 3.96. The van der Waals surface area contributed by atoms with Crippen LogP contribution in [0.15, 0.2) is 17.6 Å².